The van der Waals surface area contributed by atoms with Crippen LogP contribution < -0.4 is 9.47 Å². The van der Waals surface area contributed by atoms with E-state index in [4.69, 9.17) is 9.47 Å². The van der Waals surface area contributed by atoms with Gasteiger partial charge in [-0.2, -0.15) is 9.68 Å². The molecule has 3 unspecified atom stereocenters. The molecule has 0 amide bonds. The van der Waals surface area contributed by atoms with Crippen LogP contribution in [0.3, 0.4) is 0 Å². The number of thiol groups is 1. The average molecular weight is 435 g/mol. The number of ether oxygens (including phenoxy) is 2. The van der Waals surface area contributed by atoms with Crippen molar-refractivity contribution >= 4 is 30.0 Å². The van der Waals surface area contributed by atoms with Crippen molar-refractivity contribution in [3.63, 3.8) is 0 Å². The van der Waals surface area contributed by atoms with E-state index in [1.54, 1.807) is 42.9 Å². The first-order valence-electron chi connectivity index (χ1n) is 9.78. The Morgan fingerprint density at radius 2 is 1.84 bits per heavy atom. The predicted molar refractivity (Wildman–Crippen MR) is 121 cm³/mol. The topological polar surface area (TPSA) is 78.2 Å². The maximum absolute atomic E-state index is 13.2. The smallest absolute Gasteiger partial charge is 0.211 e. The molecule has 0 radical (unpaired) electrons. The lowest BCUT2D eigenvalue weighted by Crippen LogP contribution is -2.39. The van der Waals surface area contributed by atoms with Gasteiger partial charge in [0.1, 0.15) is 11.6 Å². The third-order valence-electron chi connectivity index (χ3n) is 5.57. The maximum atomic E-state index is 13.2. The molecule has 8 heteroatoms. The van der Waals surface area contributed by atoms with E-state index in [2.05, 4.69) is 23.9 Å². The lowest BCUT2D eigenvalue weighted by molar-refractivity contribution is 0.106. The second kappa shape index (κ2) is 8.46. The molecule has 0 spiro atoms. The standard InChI is InChI=1S/C23H22N4O3S/c1-14-17(13-24)23-25-18(22(28)15-7-5-4-6-8-15)12-19(26(23)27(14)31)16-9-10-20(29-2)21(11-16)30-3/h4-12,14,17,23,31H,1-3H3. The second-order valence-corrected chi connectivity index (χ2v) is 7.69. The normalized spacial score (nSPS) is 22.8. The van der Waals surface area contributed by atoms with Gasteiger partial charge in [0.25, 0.3) is 0 Å². The van der Waals surface area contributed by atoms with Gasteiger partial charge in [-0.05, 0) is 31.2 Å². The molecule has 4 rings (SSSR count). The molecule has 0 N–H and O–H groups in total. The minimum Gasteiger partial charge on any atom is -0.493 e. The summed E-state index contributed by atoms with van der Waals surface area (Å²) in [5.41, 5.74) is 2.34. The Kier molecular flexibility index (Phi) is 5.72. The van der Waals surface area contributed by atoms with Gasteiger partial charge in [-0.25, -0.2) is 0 Å². The highest BCUT2D eigenvalue weighted by atomic mass is 32.1. The fourth-order valence-electron chi connectivity index (χ4n) is 3.87. The highest BCUT2D eigenvalue weighted by Crippen LogP contribution is 2.42. The molecular formula is C23H22N4O3S. The van der Waals surface area contributed by atoms with E-state index in [-0.39, 0.29) is 11.8 Å². The van der Waals surface area contributed by atoms with Crippen molar-refractivity contribution in [2.45, 2.75) is 19.1 Å². The zero-order chi connectivity index (χ0) is 22.1. The summed E-state index contributed by atoms with van der Waals surface area (Å²) >= 11 is 4.63. The van der Waals surface area contributed by atoms with Crippen LogP contribution in [0.25, 0.3) is 5.70 Å². The van der Waals surface area contributed by atoms with Crippen LogP contribution in [0.1, 0.15) is 22.8 Å². The first-order valence-corrected chi connectivity index (χ1v) is 10.2. The Bertz CT molecular complexity index is 1110. The molecule has 31 heavy (non-hydrogen) atoms. The molecular weight excluding hydrogens is 412 g/mol. The van der Waals surface area contributed by atoms with Crippen LogP contribution in [-0.2, 0) is 0 Å². The number of nitrogens with zero attached hydrogens (tertiary/aromatic N) is 4. The number of Topliss-reactive ketones (excluding diaryl/α,β-unsaturated/α-hetero) is 1. The number of carbonyl (C=O) groups excluding carboxylic acids is 1. The molecule has 1 saturated heterocycles. The van der Waals surface area contributed by atoms with Crippen molar-refractivity contribution in [3.05, 3.63) is 65.7 Å². The van der Waals surface area contributed by atoms with Gasteiger partial charge >= 0.3 is 0 Å². The largest absolute Gasteiger partial charge is 0.493 e. The lowest BCUT2D eigenvalue weighted by atomic mass is 9.98. The van der Waals surface area contributed by atoms with E-state index >= 15 is 0 Å². The van der Waals surface area contributed by atoms with Crippen LogP contribution in [0.15, 0.2) is 59.6 Å². The Balaban J connectivity index is 1.85. The summed E-state index contributed by atoms with van der Waals surface area (Å²) in [4.78, 5) is 17.9. The number of nitriles is 1. The number of carbonyl (C=O) groups is 1. The highest BCUT2D eigenvalue weighted by molar-refractivity contribution is 7.77. The Hall–Kier alpha value is -3.28. The molecule has 2 aromatic rings. The Labute approximate surface area is 186 Å². The van der Waals surface area contributed by atoms with Crippen molar-refractivity contribution in [1.82, 2.24) is 9.42 Å². The molecule has 2 aliphatic rings. The van der Waals surface area contributed by atoms with Crippen LogP contribution in [0.4, 0.5) is 0 Å². The monoisotopic (exact) mass is 434 g/mol. The summed E-state index contributed by atoms with van der Waals surface area (Å²) in [5.74, 6) is 0.506. The van der Waals surface area contributed by atoms with E-state index in [9.17, 15) is 10.1 Å². The van der Waals surface area contributed by atoms with Crippen molar-refractivity contribution in [1.29, 1.82) is 5.26 Å². The zero-order valence-electron chi connectivity index (χ0n) is 17.4. The molecule has 0 saturated carbocycles. The summed E-state index contributed by atoms with van der Waals surface area (Å²) in [7, 11) is 3.14. The second-order valence-electron chi connectivity index (χ2n) is 7.28. The van der Waals surface area contributed by atoms with Gasteiger partial charge in [0, 0.05) is 11.1 Å². The fraction of sp³-hybridized carbons (Fsp3) is 0.261. The summed E-state index contributed by atoms with van der Waals surface area (Å²) in [6.07, 6.45) is 1.18. The molecule has 2 aliphatic heterocycles. The number of ketones is 1. The Morgan fingerprint density at radius 1 is 1.13 bits per heavy atom. The summed E-state index contributed by atoms with van der Waals surface area (Å²) in [5, 5.41) is 11.6. The number of rotatable bonds is 5. The van der Waals surface area contributed by atoms with Crippen LogP contribution in [0.2, 0.25) is 0 Å². The van der Waals surface area contributed by atoms with Gasteiger partial charge in [0.15, 0.2) is 17.7 Å². The predicted octanol–water partition coefficient (Wildman–Crippen LogP) is 3.61. The van der Waals surface area contributed by atoms with E-state index in [0.29, 0.717) is 28.5 Å². The van der Waals surface area contributed by atoms with Gasteiger partial charge in [0.05, 0.1) is 32.0 Å². The highest BCUT2D eigenvalue weighted by Gasteiger charge is 2.48. The van der Waals surface area contributed by atoms with Crippen molar-refractivity contribution in [2.75, 3.05) is 14.2 Å². The molecule has 2 aromatic carbocycles. The number of methoxy groups -OCH3 is 2. The van der Waals surface area contributed by atoms with Gasteiger partial charge in [-0.1, -0.05) is 43.1 Å². The maximum Gasteiger partial charge on any atom is 0.211 e. The van der Waals surface area contributed by atoms with Gasteiger partial charge in [-0.3, -0.25) is 14.8 Å². The van der Waals surface area contributed by atoms with E-state index in [1.807, 2.05) is 42.3 Å². The molecule has 0 aliphatic carbocycles. The Morgan fingerprint density at radius 3 is 2.48 bits per heavy atom. The molecule has 1 fully saturated rings. The molecule has 7 nitrogen and oxygen atoms in total. The van der Waals surface area contributed by atoms with Crippen LogP contribution in [-0.4, -0.2) is 47.3 Å². The molecule has 2 heterocycles. The quantitative estimate of drug-likeness (QED) is 0.572. The van der Waals surface area contributed by atoms with Crippen LogP contribution in [0, 0.1) is 17.2 Å². The van der Waals surface area contributed by atoms with Gasteiger partial charge in [-0.15, -0.1) is 0 Å². The lowest BCUT2D eigenvalue weighted by Gasteiger charge is -2.35. The van der Waals surface area contributed by atoms with Crippen molar-refractivity contribution < 1.29 is 14.3 Å². The van der Waals surface area contributed by atoms with Gasteiger partial charge in [0.2, 0.25) is 5.78 Å². The minimum absolute atomic E-state index is 0.194. The van der Waals surface area contributed by atoms with Gasteiger partial charge < -0.3 is 9.47 Å². The summed E-state index contributed by atoms with van der Waals surface area (Å²) in [6, 6.07) is 16.6. The average Bonchev–Trinajstić information content (AvgIpc) is 3.07. The number of hydrogen-bond acceptors (Lipinski definition) is 8. The van der Waals surface area contributed by atoms with Crippen molar-refractivity contribution in [3.8, 4) is 17.6 Å². The molecule has 3 atom stereocenters. The van der Waals surface area contributed by atoms with E-state index < -0.39 is 12.1 Å². The number of allylic oxidation sites excluding steroid dienone is 1. The number of hydrogen-bond donors (Lipinski definition) is 1. The van der Waals surface area contributed by atoms with Crippen LogP contribution in [0.5, 0.6) is 11.5 Å². The first kappa shape index (κ1) is 21.0. The number of fused-ring (bicyclic) bond motifs is 1. The molecule has 0 bridgehead atoms. The minimum atomic E-state index is -0.562. The number of benzene rings is 2. The van der Waals surface area contributed by atoms with E-state index in [1.165, 1.54) is 0 Å². The summed E-state index contributed by atoms with van der Waals surface area (Å²) in [6.45, 7) is 1.92. The summed E-state index contributed by atoms with van der Waals surface area (Å²) < 4.78 is 12.5. The number of hydrazine groups is 1. The zero-order valence-corrected chi connectivity index (χ0v) is 18.3. The third-order valence-corrected chi connectivity index (χ3v) is 6.12. The first-order chi connectivity index (χ1) is 15.0. The van der Waals surface area contributed by atoms with E-state index in [0.717, 1.165) is 5.56 Å². The van der Waals surface area contributed by atoms with Crippen LogP contribution >= 0.6 is 12.8 Å². The number of aliphatic imine (C=N–C) groups is 1. The van der Waals surface area contributed by atoms with Crippen molar-refractivity contribution in [2.24, 2.45) is 10.9 Å². The fourth-order valence-corrected chi connectivity index (χ4v) is 4.22. The third kappa shape index (κ3) is 3.56. The molecule has 158 valence electrons. The SMILES string of the molecule is COc1ccc(C2=CC(C(=O)c3ccccc3)=NC3C(C#N)C(C)N(S)N23)cc1OC. The molecule has 0 aromatic heterocycles.